The fraction of sp³-hybridized carbons (Fsp3) is 0.227. The highest BCUT2D eigenvalue weighted by Gasteiger charge is 2.08. The maximum absolute atomic E-state index is 13.6. The van der Waals surface area contributed by atoms with Crippen molar-refractivity contribution in [2.45, 2.75) is 12.8 Å². The first-order chi connectivity index (χ1) is 14.2. The lowest BCUT2D eigenvalue weighted by atomic mass is 10.1. The van der Waals surface area contributed by atoms with Gasteiger partial charge < -0.3 is 15.4 Å². The van der Waals surface area contributed by atoms with Crippen LogP contribution < -0.4 is 15.4 Å². The SMILES string of the molecule is COc1ccc(CCNc2cnc(C(=O)NCCc3ccccc3F)cn2)cc1. The Morgan fingerprint density at radius 1 is 1.00 bits per heavy atom. The van der Waals surface area contributed by atoms with Crippen LogP contribution in [0.5, 0.6) is 5.75 Å². The summed E-state index contributed by atoms with van der Waals surface area (Å²) in [4.78, 5) is 20.5. The van der Waals surface area contributed by atoms with Crippen molar-refractivity contribution in [1.82, 2.24) is 15.3 Å². The van der Waals surface area contributed by atoms with E-state index in [-0.39, 0.29) is 17.4 Å². The van der Waals surface area contributed by atoms with Crippen molar-refractivity contribution in [1.29, 1.82) is 0 Å². The Bertz CT molecular complexity index is 930. The molecule has 3 rings (SSSR count). The van der Waals surface area contributed by atoms with Gasteiger partial charge in [-0.25, -0.2) is 14.4 Å². The number of hydrogen-bond donors (Lipinski definition) is 2. The number of methoxy groups -OCH3 is 1. The summed E-state index contributed by atoms with van der Waals surface area (Å²) >= 11 is 0. The Labute approximate surface area is 169 Å². The number of ether oxygens (including phenoxy) is 1. The summed E-state index contributed by atoms with van der Waals surface area (Å²) < 4.78 is 18.7. The van der Waals surface area contributed by atoms with Crippen LogP contribution in [0, 0.1) is 5.82 Å². The molecule has 2 N–H and O–H groups in total. The number of carbonyl (C=O) groups excluding carboxylic acids is 1. The molecular formula is C22H23FN4O2. The Morgan fingerprint density at radius 3 is 2.48 bits per heavy atom. The number of benzene rings is 2. The number of carbonyl (C=O) groups is 1. The molecule has 0 spiro atoms. The molecule has 0 saturated heterocycles. The summed E-state index contributed by atoms with van der Waals surface area (Å²) in [5, 5.41) is 5.91. The zero-order valence-electron chi connectivity index (χ0n) is 16.2. The smallest absolute Gasteiger partial charge is 0.271 e. The van der Waals surface area contributed by atoms with E-state index >= 15 is 0 Å². The topological polar surface area (TPSA) is 76.1 Å². The molecule has 0 aliphatic heterocycles. The first kappa shape index (κ1) is 20.3. The van der Waals surface area contributed by atoms with E-state index in [0.717, 1.165) is 12.2 Å². The van der Waals surface area contributed by atoms with E-state index in [1.165, 1.54) is 24.0 Å². The summed E-state index contributed by atoms with van der Waals surface area (Å²) in [6, 6.07) is 14.4. The van der Waals surface area contributed by atoms with Crippen LogP contribution in [0.4, 0.5) is 10.2 Å². The maximum atomic E-state index is 13.6. The van der Waals surface area contributed by atoms with Gasteiger partial charge in [0.15, 0.2) is 0 Å². The van der Waals surface area contributed by atoms with Crippen LogP contribution in [-0.2, 0) is 12.8 Å². The molecule has 1 heterocycles. The molecule has 0 saturated carbocycles. The number of rotatable bonds is 9. The predicted molar refractivity (Wildman–Crippen MR) is 110 cm³/mol. The van der Waals surface area contributed by atoms with Crippen molar-refractivity contribution in [3.05, 3.63) is 83.6 Å². The molecule has 1 amide bonds. The molecule has 0 aliphatic rings. The van der Waals surface area contributed by atoms with Gasteiger partial charge in [-0.2, -0.15) is 0 Å². The molecule has 1 aromatic heterocycles. The predicted octanol–water partition coefficient (Wildman–Crippen LogP) is 3.25. The largest absolute Gasteiger partial charge is 0.497 e. The molecule has 0 fully saturated rings. The summed E-state index contributed by atoms with van der Waals surface area (Å²) in [5.74, 6) is 0.821. The molecule has 0 unspecified atom stereocenters. The van der Waals surface area contributed by atoms with E-state index in [9.17, 15) is 9.18 Å². The summed E-state index contributed by atoms with van der Waals surface area (Å²) in [5.41, 5.74) is 1.96. The maximum Gasteiger partial charge on any atom is 0.271 e. The second-order valence-electron chi connectivity index (χ2n) is 6.41. The monoisotopic (exact) mass is 394 g/mol. The number of nitrogens with one attached hydrogen (secondary N) is 2. The van der Waals surface area contributed by atoms with Crippen molar-refractivity contribution >= 4 is 11.7 Å². The van der Waals surface area contributed by atoms with Crippen LogP contribution in [0.2, 0.25) is 0 Å². The average molecular weight is 394 g/mol. The first-order valence-corrected chi connectivity index (χ1v) is 9.36. The molecule has 2 aromatic carbocycles. The van der Waals surface area contributed by atoms with Crippen molar-refractivity contribution in [3.8, 4) is 5.75 Å². The van der Waals surface area contributed by atoms with Gasteiger partial charge in [0.2, 0.25) is 0 Å². The van der Waals surface area contributed by atoms with Crippen molar-refractivity contribution < 1.29 is 13.9 Å². The summed E-state index contributed by atoms with van der Waals surface area (Å²) in [7, 11) is 1.64. The molecular weight excluding hydrogens is 371 g/mol. The second-order valence-corrected chi connectivity index (χ2v) is 6.41. The van der Waals surface area contributed by atoms with Crippen LogP contribution in [0.15, 0.2) is 60.9 Å². The lowest BCUT2D eigenvalue weighted by Gasteiger charge is -2.08. The number of aromatic nitrogens is 2. The van der Waals surface area contributed by atoms with Crippen LogP contribution >= 0.6 is 0 Å². The summed E-state index contributed by atoms with van der Waals surface area (Å²) in [6.45, 7) is 1.01. The van der Waals surface area contributed by atoms with Gasteiger partial charge in [-0.15, -0.1) is 0 Å². The Kier molecular flexibility index (Phi) is 7.10. The minimum Gasteiger partial charge on any atom is -0.497 e. The Hall–Kier alpha value is -3.48. The third-order valence-corrected chi connectivity index (χ3v) is 4.40. The minimum absolute atomic E-state index is 0.222. The van der Waals surface area contributed by atoms with Crippen molar-refractivity contribution in [2.75, 3.05) is 25.5 Å². The van der Waals surface area contributed by atoms with E-state index < -0.39 is 0 Å². The van der Waals surface area contributed by atoms with Gasteiger partial charge in [-0.3, -0.25) is 4.79 Å². The first-order valence-electron chi connectivity index (χ1n) is 9.36. The van der Waals surface area contributed by atoms with Crippen molar-refractivity contribution in [2.24, 2.45) is 0 Å². The molecule has 0 bridgehead atoms. The molecule has 150 valence electrons. The third-order valence-electron chi connectivity index (χ3n) is 4.40. The van der Waals surface area contributed by atoms with Gasteiger partial charge in [-0.05, 0) is 42.2 Å². The van der Waals surface area contributed by atoms with Crippen LogP contribution in [-0.4, -0.2) is 36.1 Å². The second kappa shape index (κ2) is 10.2. The van der Waals surface area contributed by atoms with Gasteiger partial charge >= 0.3 is 0 Å². The zero-order chi connectivity index (χ0) is 20.5. The van der Waals surface area contributed by atoms with E-state index in [1.807, 2.05) is 24.3 Å². The number of amides is 1. The van der Waals surface area contributed by atoms with Gasteiger partial charge in [0.1, 0.15) is 23.1 Å². The number of halogens is 1. The number of hydrogen-bond acceptors (Lipinski definition) is 5. The van der Waals surface area contributed by atoms with Gasteiger partial charge in [-0.1, -0.05) is 30.3 Å². The lowest BCUT2D eigenvalue weighted by Crippen LogP contribution is -2.27. The van der Waals surface area contributed by atoms with Gasteiger partial charge in [0.05, 0.1) is 19.5 Å². The van der Waals surface area contributed by atoms with Crippen LogP contribution in [0.25, 0.3) is 0 Å². The highest BCUT2D eigenvalue weighted by molar-refractivity contribution is 5.91. The molecule has 29 heavy (non-hydrogen) atoms. The normalized spacial score (nSPS) is 10.4. The van der Waals surface area contributed by atoms with Gasteiger partial charge in [0.25, 0.3) is 5.91 Å². The molecule has 0 radical (unpaired) electrons. The molecule has 0 atom stereocenters. The molecule has 7 heteroatoms. The fourth-order valence-electron chi connectivity index (χ4n) is 2.77. The summed E-state index contributed by atoms with van der Waals surface area (Å²) in [6.07, 6.45) is 4.19. The van der Waals surface area contributed by atoms with Gasteiger partial charge in [0, 0.05) is 13.1 Å². The Morgan fingerprint density at radius 2 is 1.79 bits per heavy atom. The third kappa shape index (κ3) is 6.00. The molecule has 3 aromatic rings. The lowest BCUT2D eigenvalue weighted by molar-refractivity contribution is 0.0948. The van der Waals surface area contributed by atoms with Crippen LogP contribution in [0.1, 0.15) is 21.6 Å². The highest BCUT2D eigenvalue weighted by Crippen LogP contribution is 2.12. The number of nitrogens with zero attached hydrogens (tertiary/aromatic N) is 2. The van der Waals surface area contributed by atoms with Crippen LogP contribution in [0.3, 0.4) is 0 Å². The fourth-order valence-corrected chi connectivity index (χ4v) is 2.77. The minimum atomic E-state index is -0.335. The van der Waals surface area contributed by atoms with Crippen molar-refractivity contribution in [3.63, 3.8) is 0 Å². The zero-order valence-corrected chi connectivity index (χ0v) is 16.2. The Balaban J connectivity index is 1.42. The van der Waals surface area contributed by atoms with E-state index in [2.05, 4.69) is 20.6 Å². The standard InChI is InChI=1S/C22H23FN4O2/c1-29-18-8-6-16(7-9-18)10-12-24-21-15-26-20(14-27-21)22(28)25-13-11-17-4-2-3-5-19(17)23/h2-9,14-15H,10-13H2,1H3,(H,24,27)(H,25,28). The van der Waals surface area contributed by atoms with E-state index in [1.54, 1.807) is 25.3 Å². The van der Waals surface area contributed by atoms with E-state index in [0.29, 0.717) is 30.9 Å². The van der Waals surface area contributed by atoms with E-state index in [4.69, 9.17) is 4.74 Å². The molecule has 0 aliphatic carbocycles. The average Bonchev–Trinajstić information content (AvgIpc) is 2.76. The molecule has 6 nitrogen and oxygen atoms in total. The highest BCUT2D eigenvalue weighted by atomic mass is 19.1. The number of anilines is 1. The quantitative estimate of drug-likeness (QED) is 0.583.